The van der Waals surface area contributed by atoms with Crippen LogP contribution in [0, 0.1) is 0 Å². The highest BCUT2D eigenvalue weighted by atomic mass is 16.6. The lowest BCUT2D eigenvalue weighted by Crippen LogP contribution is -2.37. The maximum atomic E-state index is 11.0. The van der Waals surface area contributed by atoms with Gasteiger partial charge >= 0.3 is 5.97 Å². The van der Waals surface area contributed by atoms with Gasteiger partial charge in [0.2, 0.25) is 0 Å². The van der Waals surface area contributed by atoms with Crippen LogP contribution in [-0.4, -0.2) is 31.3 Å². The predicted molar refractivity (Wildman–Crippen MR) is 39.0 cm³/mol. The van der Waals surface area contributed by atoms with Crippen molar-refractivity contribution in [1.82, 2.24) is 0 Å². The van der Waals surface area contributed by atoms with Gasteiger partial charge in [0.15, 0.2) is 6.10 Å². The van der Waals surface area contributed by atoms with Gasteiger partial charge in [-0.15, -0.1) is 0 Å². The third kappa shape index (κ3) is 1.91. The fourth-order valence-corrected chi connectivity index (χ4v) is 1.07. The zero-order valence-electron chi connectivity index (χ0n) is 6.58. The molecule has 2 atom stereocenters. The van der Waals surface area contributed by atoms with Crippen LogP contribution < -0.4 is 5.73 Å². The van der Waals surface area contributed by atoms with E-state index in [1.165, 1.54) is 0 Å². The lowest BCUT2D eigenvalue weighted by atomic mass is 10.1. The van der Waals surface area contributed by atoms with E-state index in [2.05, 4.69) is 0 Å². The van der Waals surface area contributed by atoms with Crippen molar-refractivity contribution in [3.05, 3.63) is 0 Å². The molecule has 0 aromatic heterocycles. The van der Waals surface area contributed by atoms with Crippen molar-refractivity contribution < 1.29 is 14.3 Å². The first kappa shape index (κ1) is 8.49. The fraction of sp³-hybridized carbons (Fsp3) is 0.857. The first-order chi connectivity index (χ1) is 5.25. The van der Waals surface area contributed by atoms with Crippen molar-refractivity contribution in [2.24, 2.45) is 5.73 Å². The van der Waals surface area contributed by atoms with Gasteiger partial charge in [-0.3, -0.25) is 0 Å². The van der Waals surface area contributed by atoms with Gasteiger partial charge in [-0.25, -0.2) is 4.79 Å². The summed E-state index contributed by atoms with van der Waals surface area (Å²) in [4.78, 5) is 11.0. The average molecular weight is 159 g/mol. The van der Waals surface area contributed by atoms with E-state index in [0.717, 1.165) is 6.42 Å². The molecule has 11 heavy (non-hydrogen) atoms. The lowest BCUT2D eigenvalue weighted by molar-refractivity contribution is -0.154. The molecule has 0 unspecified atom stereocenters. The first-order valence-electron chi connectivity index (χ1n) is 3.79. The van der Waals surface area contributed by atoms with Crippen LogP contribution in [0.2, 0.25) is 0 Å². The van der Waals surface area contributed by atoms with E-state index in [1.807, 2.05) is 0 Å². The maximum absolute atomic E-state index is 11.0. The van der Waals surface area contributed by atoms with Crippen molar-refractivity contribution in [1.29, 1.82) is 0 Å². The van der Waals surface area contributed by atoms with Crippen molar-refractivity contribution in [3.8, 4) is 0 Å². The number of carbonyl (C=O) groups excluding carboxylic acids is 1. The van der Waals surface area contributed by atoms with E-state index < -0.39 is 6.10 Å². The topological polar surface area (TPSA) is 61.5 Å². The molecule has 0 amide bonds. The van der Waals surface area contributed by atoms with E-state index in [9.17, 15) is 4.79 Å². The third-order valence-electron chi connectivity index (χ3n) is 1.66. The number of carbonyl (C=O) groups is 1. The quantitative estimate of drug-likeness (QED) is 0.560. The fourth-order valence-electron chi connectivity index (χ4n) is 1.07. The van der Waals surface area contributed by atoms with Gasteiger partial charge in [0.1, 0.15) is 0 Å². The Morgan fingerprint density at radius 3 is 3.00 bits per heavy atom. The largest absolute Gasteiger partial charge is 0.464 e. The van der Waals surface area contributed by atoms with Gasteiger partial charge in [0.05, 0.1) is 6.61 Å². The van der Waals surface area contributed by atoms with Gasteiger partial charge in [0.25, 0.3) is 0 Å². The molecule has 1 saturated heterocycles. The number of hydrogen-bond donors (Lipinski definition) is 1. The molecule has 1 aliphatic heterocycles. The number of nitrogens with two attached hydrogens (primary N) is 1. The molecule has 0 aromatic carbocycles. The monoisotopic (exact) mass is 159 g/mol. The molecule has 64 valence electrons. The van der Waals surface area contributed by atoms with Crippen LogP contribution >= 0.6 is 0 Å². The van der Waals surface area contributed by atoms with Crippen LogP contribution in [0.1, 0.15) is 13.3 Å². The summed E-state index contributed by atoms with van der Waals surface area (Å²) >= 11 is 0. The van der Waals surface area contributed by atoms with Crippen LogP contribution in [0.5, 0.6) is 0 Å². The summed E-state index contributed by atoms with van der Waals surface area (Å²) in [7, 11) is 0. The highest BCUT2D eigenvalue weighted by molar-refractivity contribution is 5.75. The summed E-state index contributed by atoms with van der Waals surface area (Å²) in [6.07, 6.45) is 0.207. The Bertz CT molecular complexity index is 149. The summed E-state index contributed by atoms with van der Waals surface area (Å²) in [5.74, 6) is -0.336. The summed E-state index contributed by atoms with van der Waals surface area (Å²) in [5, 5.41) is 0. The molecule has 0 radical (unpaired) electrons. The lowest BCUT2D eigenvalue weighted by Gasteiger charge is -2.11. The Morgan fingerprint density at radius 2 is 2.55 bits per heavy atom. The zero-order valence-corrected chi connectivity index (χ0v) is 6.58. The number of rotatable bonds is 2. The smallest absolute Gasteiger partial charge is 0.336 e. The minimum Gasteiger partial charge on any atom is -0.464 e. The molecular formula is C7H13NO3. The molecule has 0 bridgehead atoms. The van der Waals surface area contributed by atoms with E-state index in [4.69, 9.17) is 15.2 Å². The Labute approximate surface area is 65.7 Å². The maximum Gasteiger partial charge on any atom is 0.336 e. The first-order valence-corrected chi connectivity index (χ1v) is 3.79. The second-order valence-corrected chi connectivity index (χ2v) is 2.50. The van der Waals surface area contributed by atoms with E-state index in [-0.39, 0.29) is 12.0 Å². The predicted octanol–water partition coefficient (Wildman–Crippen LogP) is -0.334. The van der Waals surface area contributed by atoms with Crippen LogP contribution in [0.3, 0.4) is 0 Å². The molecule has 1 heterocycles. The van der Waals surface area contributed by atoms with Crippen molar-refractivity contribution in [3.63, 3.8) is 0 Å². The van der Waals surface area contributed by atoms with E-state index in [1.54, 1.807) is 6.92 Å². The Hall–Kier alpha value is -0.610. The van der Waals surface area contributed by atoms with Crippen molar-refractivity contribution in [2.75, 3.05) is 13.2 Å². The van der Waals surface area contributed by atoms with Gasteiger partial charge in [-0.05, 0) is 13.3 Å². The molecule has 4 nitrogen and oxygen atoms in total. The van der Waals surface area contributed by atoms with Crippen molar-refractivity contribution in [2.45, 2.75) is 25.5 Å². The second-order valence-electron chi connectivity index (χ2n) is 2.50. The normalized spacial score (nSPS) is 30.4. The number of esters is 1. The minimum absolute atomic E-state index is 0.186. The SMILES string of the molecule is CCOC(=O)[C@@H]1OCC[C@@H]1N. The van der Waals surface area contributed by atoms with Crippen LogP contribution in [-0.2, 0) is 14.3 Å². The standard InChI is InChI=1S/C7H13NO3/c1-2-10-7(9)6-5(8)3-4-11-6/h5-6H,2-4,8H2,1H3/t5-,6+/m0/s1. The average Bonchev–Trinajstić information content (AvgIpc) is 2.36. The molecule has 0 aromatic rings. The second kappa shape index (κ2) is 3.69. The molecule has 4 heteroatoms. The number of hydrogen-bond acceptors (Lipinski definition) is 4. The molecular weight excluding hydrogens is 146 g/mol. The number of ether oxygens (including phenoxy) is 2. The highest BCUT2D eigenvalue weighted by Gasteiger charge is 2.32. The van der Waals surface area contributed by atoms with E-state index >= 15 is 0 Å². The minimum atomic E-state index is -0.532. The van der Waals surface area contributed by atoms with Gasteiger partial charge in [-0.1, -0.05) is 0 Å². The summed E-state index contributed by atoms with van der Waals surface area (Å²) in [6.45, 7) is 2.70. The summed E-state index contributed by atoms with van der Waals surface area (Å²) in [6, 6.07) is -0.186. The molecule has 2 N–H and O–H groups in total. The Morgan fingerprint density at radius 1 is 1.82 bits per heavy atom. The van der Waals surface area contributed by atoms with E-state index in [0.29, 0.717) is 13.2 Å². The highest BCUT2D eigenvalue weighted by Crippen LogP contribution is 2.12. The van der Waals surface area contributed by atoms with Gasteiger partial charge in [0, 0.05) is 12.6 Å². The Kier molecular flexibility index (Phi) is 2.84. The molecule has 1 aliphatic rings. The third-order valence-corrected chi connectivity index (χ3v) is 1.66. The zero-order chi connectivity index (χ0) is 8.27. The summed E-state index contributed by atoms with van der Waals surface area (Å²) < 4.78 is 9.83. The molecule has 0 saturated carbocycles. The van der Waals surface area contributed by atoms with Crippen molar-refractivity contribution >= 4 is 5.97 Å². The molecule has 0 aliphatic carbocycles. The molecule has 0 spiro atoms. The Balaban J connectivity index is 2.39. The van der Waals surface area contributed by atoms with Gasteiger partial charge < -0.3 is 15.2 Å². The molecule has 1 rings (SSSR count). The van der Waals surface area contributed by atoms with Crippen LogP contribution in [0.25, 0.3) is 0 Å². The summed E-state index contributed by atoms with van der Waals surface area (Å²) in [5.41, 5.74) is 5.58. The molecule has 1 fully saturated rings. The van der Waals surface area contributed by atoms with Crippen LogP contribution in [0.4, 0.5) is 0 Å². The van der Waals surface area contributed by atoms with Gasteiger partial charge in [-0.2, -0.15) is 0 Å². The van der Waals surface area contributed by atoms with Crippen LogP contribution in [0.15, 0.2) is 0 Å².